The molecule has 19 heavy (non-hydrogen) atoms. The lowest BCUT2D eigenvalue weighted by Crippen LogP contribution is -2.33. The van der Waals surface area contributed by atoms with Gasteiger partial charge in [0.05, 0.1) is 4.92 Å². The molecule has 0 aromatic heterocycles. The van der Waals surface area contributed by atoms with Crippen LogP contribution in [0.15, 0.2) is 12.1 Å². The Morgan fingerprint density at radius 2 is 2.05 bits per heavy atom. The largest absolute Gasteiger partial charge is 0.376 e. The Bertz CT molecular complexity index is 491. The molecule has 0 aliphatic carbocycles. The van der Waals surface area contributed by atoms with Crippen LogP contribution in [0.3, 0.4) is 0 Å². The van der Waals surface area contributed by atoms with Crippen molar-refractivity contribution in [2.45, 2.75) is 44.9 Å². The number of nitro benzene ring substituents is 1. The molecule has 5 heteroatoms. The van der Waals surface area contributed by atoms with Crippen molar-refractivity contribution in [1.82, 2.24) is 0 Å². The molecule has 1 aliphatic rings. The fraction of sp³-hybridized carbons (Fsp3) is 0.571. The predicted molar refractivity (Wildman–Crippen MR) is 81.1 cm³/mol. The quantitative estimate of drug-likeness (QED) is 0.673. The number of hydrogen-bond donors (Lipinski definition) is 1. The first-order chi connectivity index (χ1) is 8.99. The molecule has 2 atom stereocenters. The number of thioether (sulfide) groups is 1. The first-order valence-corrected chi connectivity index (χ1v) is 7.67. The summed E-state index contributed by atoms with van der Waals surface area (Å²) >= 11 is 1.93. The van der Waals surface area contributed by atoms with Gasteiger partial charge in [-0.05, 0) is 49.6 Å². The number of nitrogens with zero attached hydrogens (tertiary/aromatic N) is 1. The fourth-order valence-corrected chi connectivity index (χ4v) is 3.52. The number of rotatable bonds is 3. The minimum atomic E-state index is -0.296. The summed E-state index contributed by atoms with van der Waals surface area (Å²) in [4.78, 5) is 10.9. The van der Waals surface area contributed by atoms with E-state index in [2.05, 4.69) is 12.2 Å². The lowest BCUT2D eigenvalue weighted by molar-refractivity contribution is -0.384. The second-order valence-corrected chi connectivity index (χ2v) is 6.66. The monoisotopic (exact) mass is 280 g/mol. The zero-order valence-corrected chi connectivity index (χ0v) is 12.4. The van der Waals surface area contributed by atoms with Crippen LogP contribution in [0.1, 0.15) is 30.9 Å². The standard InChI is InChI=1S/C14H20N2O2S/c1-9-7-13(14(16(17)18)8-10(9)2)15-12-5-4-6-19-11(12)3/h7-8,11-12,15H,4-6H2,1-3H3. The van der Waals surface area contributed by atoms with E-state index in [0.29, 0.717) is 17.0 Å². The van der Waals surface area contributed by atoms with Crippen LogP contribution in [0.2, 0.25) is 0 Å². The average molecular weight is 280 g/mol. The lowest BCUT2D eigenvalue weighted by atomic mass is 10.0. The number of anilines is 1. The van der Waals surface area contributed by atoms with Gasteiger partial charge in [0.2, 0.25) is 0 Å². The molecule has 0 spiro atoms. The molecule has 104 valence electrons. The molecule has 0 amide bonds. The molecule has 1 heterocycles. The molecule has 1 N–H and O–H groups in total. The van der Waals surface area contributed by atoms with Gasteiger partial charge in [0.25, 0.3) is 5.69 Å². The van der Waals surface area contributed by atoms with E-state index in [0.717, 1.165) is 17.5 Å². The highest BCUT2D eigenvalue weighted by Crippen LogP contribution is 2.32. The zero-order chi connectivity index (χ0) is 14.0. The van der Waals surface area contributed by atoms with E-state index < -0.39 is 0 Å². The molecule has 0 bridgehead atoms. The van der Waals surface area contributed by atoms with E-state index >= 15 is 0 Å². The highest BCUT2D eigenvalue weighted by atomic mass is 32.2. The minimum absolute atomic E-state index is 0.186. The second-order valence-electron chi connectivity index (χ2n) is 5.18. The zero-order valence-electron chi connectivity index (χ0n) is 11.6. The Hall–Kier alpha value is -1.23. The number of benzene rings is 1. The Labute approximate surface area is 118 Å². The van der Waals surface area contributed by atoms with Crippen LogP contribution in [0, 0.1) is 24.0 Å². The van der Waals surface area contributed by atoms with Gasteiger partial charge in [-0.1, -0.05) is 6.92 Å². The Kier molecular flexibility index (Phi) is 4.34. The number of aryl methyl sites for hydroxylation is 2. The predicted octanol–water partition coefficient (Wildman–Crippen LogP) is 3.91. The molecule has 2 rings (SSSR count). The van der Waals surface area contributed by atoms with Crippen LogP contribution in [0.4, 0.5) is 11.4 Å². The van der Waals surface area contributed by atoms with E-state index in [1.54, 1.807) is 6.07 Å². The number of nitrogens with one attached hydrogen (secondary N) is 1. The summed E-state index contributed by atoms with van der Waals surface area (Å²) in [6.45, 7) is 6.09. The summed E-state index contributed by atoms with van der Waals surface area (Å²) < 4.78 is 0. The molecule has 4 nitrogen and oxygen atoms in total. The van der Waals surface area contributed by atoms with E-state index in [-0.39, 0.29) is 10.6 Å². The van der Waals surface area contributed by atoms with E-state index in [1.165, 1.54) is 12.2 Å². The maximum atomic E-state index is 11.2. The Morgan fingerprint density at radius 1 is 1.37 bits per heavy atom. The van der Waals surface area contributed by atoms with Gasteiger partial charge in [-0.2, -0.15) is 11.8 Å². The highest BCUT2D eigenvalue weighted by Gasteiger charge is 2.24. The van der Waals surface area contributed by atoms with Crippen molar-refractivity contribution >= 4 is 23.1 Å². The van der Waals surface area contributed by atoms with Crippen molar-refractivity contribution in [1.29, 1.82) is 0 Å². The van der Waals surface area contributed by atoms with E-state index in [9.17, 15) is 10.1 Å². The molecule has 2 unspecified atom stereocenters. The van der Waals surface area contributed by atoms with Gasteiger partial charge in [-0.25, -0.2) is 0 Å². The van der Waals surface area contributed by atoms with Crippen molar-refractivity contribution in [3.63, 3.8) is 0 Å². The summed E-state index contributed by atoms with van der Waals surface area (Å²) in [5.41, 5.74) is 2.89. The molecule has 0 saturated carbocycles. The van der Waals surface area contributed by atoms with E-state index in [4.69, 9.17) is 0 Å². The lowest BCUT2D eigenvalue weighted by Gasteiger charge is -2.30. The molecule has 1 aromatic rings. The van der Waals surface area contributed by atoms with Crippen molar-refractivity contribution < 1.29 is 4.92 Å². The van der Waals surface area contributed by atoms with E-state index in [1.807, 2.05) is 31.7 Å². The SMILES string of the molecule is Cc1cc(NC2CCCSC2C)c([N+](=O)[O-])cc1C. The van der Waals surface area contributed by atoms with Crippen LogP contribution in [0.25, 0.3) is 0 Å². The van der Waals surface area contributed by atoms with Gasteiger partial charge in [0.15, 0.2) is 0 Å². The normalized spacial score (nSPS) is 23.1. The molecule has 1 aromatic carbocycles. The highest BCUT2D eigenvalue weighted by molar-refractivity contribution is 8.00. The van der Waals surface area contributed by atoms with Gasteiger partial charge in [-0.15, -0.1) is 0 Å². The molecule has 1 fully saturated rings. The summed E-state index contributed by atoms with van der Waals surface area (Å²) in [5.74, 6) is 1.19. The fourth-order valence-electron chi connectivity index (χ4n) is 2.38. The van der Waals surface area contributed by atoms with Crippen LogP contribution in [-0.4, -0.2) is 22.0 Å². The third kappa shape index (κ3) is 3.21. The van der Waals surface area contributed by atoms with Crippen molar-refractivity contribution in [3.8, 4) is 0 Å². The van der Waals surface area contributed by atoms with Gasteiger partial charge in [0.1, 0.15) is 5.69 Å². The summed E-state index contributed by atoms with van der Waals surface area (Å²) in [6, 6.07) is 3.89. The Balaban J connectivity index is 2.27. The first kappa shape index (κ1) is 14.2. The molecule has 1 saturated heterocycles. The third-order valence-electron chi connectivity index (χ3n) is 3.76. The van der Waals surface area contributed by atoms with Crippen molar-refractivity contribution in [2.24, 2.45) is 0 Å². The topological polar surface area (TPSA) is 55.2 Å². The summed E-state index contributed by atoms with van der Waals surface area (Å²) in [5, 5.41) is 15.1. The van der Waals surface area contributed by atoms with Crippen molar-refractivity contribution in [2.75, 3.05) is 11.1 Å². The van der Waals surface area contributed by atoms with Crippen LogP contribution < -0.4 is 5.32 Å². The molecule has 0 radical (unpaired) electrons. The van der Waals surface area contributed by atoms with Gasteiger partial charge in [0, 0.05) is 17.4 Å². The van der Waals surface area contributed by atoms with Gasteiger partial charge < -0.3 is 5.32 Å². The van der Waals surface area contributed by atoms with Crippen LogP contribution in [-0.2, 0) is 0 Å². The first-order valence-electron chi connectivity index (χ1n) is 6.63. The average Bonchev–Trinajstić information content (AvgIpc) is 2.36. The third-order valence-corrected chi connectivity index (χ3v) is 5.14. The summed E-state index contributed by atoms with van der Waals surface area (Å²) in [6.07, 6.45) is 2.25. The molecular formula is C14H20N2O2S. The minimum Gasteiger partial charge on any atom is -0.376 e. The Morgan fingerprint density at radius 3 is 2.68 bits per heavy atom. The summed E-state index contributed by atoms with van der Waals surface area (Å²) in [7, 11) is 0. The molecular weight excluding hydrogens is 260 g/mol. The number of nitro groups is 1. The van der Waals surface area contributed by atoms with Crippen molar-refractivity contribution in [3.05, 3.63) is 33.4 Å². The van der Waals surface area contributed by atoms with Gasteiger partial charge >= 0.3 is 0 Å². The number of hydrogen-bond acceptors (Lipinski definition) is 4. The van der Waals surface area contributed by atoms with Crippen LogP contribution in [0.5, 0.6) is 0 Å². The van der Waals surface area contributed by atoms with Gasteiger partial charge in [-0.3, -0.25) is 10.1 Å². The second kappa shape index (κ2) is 5.82. The maximum Gasteiger partial charge on any atom is 0.292 e. The smallest absolute Gasteiger partial charge is 0.292 e. The molecule has 1 aliphatic heterocycles. The van der Waals surface area contributed by atoms with Crippen LogP contribution >= 0.6 is 11.8 Å². The maximum absolute atomic E-state index is 11.2.